The molecule has 12 heavy (non-hydrogen) atoms. The van der Waals surface area contributed by atoms with Gasteiger partial charge in [0.05, 0.1) is 6.33 Å². The first-order valence-electron chi connectivity index (χ1n) is 3.62. The molecular weight excluding hydrogens is 158 g/mol. The normalized spacial score (nSPS) is 9.83. The average molecular weight is 169 g/mol. The third-order valence-electron chi connectivity index (χ3n) is 1.65. The Kier molecular flexibility index (Phi) is 2.82. The van der Waals surface area contributed by atoms with E-state index < -0.39 is 0 Å². The Balaban J connectivity index is 2.43. The van der Waals surface area contributed by atoms with E-state index in [-0.39, 0.29) is 12.3 Å². The van der Waals surface area contributed by atoms with Crippen LogP contribution in [-0.2, 0) is 18.3 Å². The minimum atomic E-state index is -0.379. The van der Waals surface area contributed by atoms with Crippen LogP contribution in [0.1, 0.15) is 12.1 Å². The van der Waals surface area contributed by atoms with Gasteiger partial charge < -0.3 is 4.57 Å². The zero-order valence-electron chi connectivity index (χ0n) is 6.82. The number of imidazole rings is 1. The Labute approximate surface area is 70.0 Å². The molecule has 0 bridgehead atoms. The lowest BCUT2D eigenvalue weighted by molar-refractivity contribution is -0.129. The number of hydrogen-bond donors (Lipinski definition) is 2. The maximum atomic E-state index is 10.6. The lowest BCUT2D eigenvalue weighted by Gasteiger charge is -1.99. The van der Waals surface area contributed by atoms with E-state index in [4.69, 9.17) is 5.21 Å². The van der Waals surface area contributed by atoms with E-state index in [0.29, 0.717) is 6.42 Å². The van der Waals surface area contributed by atoms with Crippen molar-refractivity contribution >= 4 is 5.91 Å². The number of amides is 1. The first-order valence-corrected chi connectivity index (χ1v) is 3.62. The monoisotopic (exact) mass is 169 g/mol. The molecule has 0 radical (unpaired) electrons. The summed E-state index contributed by atoms with van der Waals surface area (Å²) in [6.45, 7) is 0. The number of aryl methyl sites for hydroxylation is 2. The number of carbonyl (C=O) groups excluding carboxylic acids is 1. The van der Waals surface area contributed by atoms with Gasteiger partial charge in [0, 0.05) is 25.4 Å². The highest BCUT2D eigenvalue weighted by molar-refractivity contribution is 5.74. The molecule has 0 aliphatic carbocycles. The molecule has 1 aromatic heterocycles. The molecular formula is C7H11N3O2. The molecule has 0 saturated heterocycles. The third-order valence-corrected chi connectivity index (χ3v) is 1.65. The molecule has 0 spiro atoms. The first-order chi connectivity index (χ1) is 5.74. The van der Waals surface area contributed by atoms with Crippen LogP contribution in [0.15, 0.2) is 12.5 Å². The van der Waals surface area contributed by atoms with E-state index in [1.54, 1.807) is 18.0 Å². The highest BCUT2D eigenvalue weighted by Crippen LogP contribution is 1.99. The van der Waals surface area contributed by atoms with Crippen molar-refractivity contribution < 1.29 is 10.0 Å². The molecule has 0 atom stereocenters. The number of rotatable bonds is 3. The standard InChI is InChI=1S/C7H11N3O2/c1-10-5-8-4-6(10)2-3-7(11)9-12/h4-5,12H,2-3H2,1H3,(H,9,11). The Hall–Kier alpha value is -1.36. The van der Waals surface area contributed by atoms with Crippen LogP contribution in [0.2, 0.25) is 0 Å². The molecule has 2 N–H and O–H groups in total. The van der Waals surface area contributed by atoms with Crippen molar-refractivity contribution in [2.75, 3.05) is 0 Å². The summed E-state index contributed by atoms with van der Waals surface area (Å²) >= 11 is 0. The van der Waals surface area contributed by atoms with E-state index in [1.807, 2.05) is 11.6 Å². The fourth-order valence-corrected chi connectivity index (χ4v) is 0.923. The number of hydrogen-bond acceptors (Lipinski definition) is 3. The van der Waals surface area contributed by atoms with Gasteiger partial charge in [0.1, 0.15) is 0 Å². The van der Waals surface area contributed by atoms with E-state index >= 15 is 0 Å². The number of nitrogens with zero attached hydrogens (tertiary/aromatic N) is 2. The fourth-order valence-electron chi connectivity index (χ4n) is 0.923. The maximum Gasteiger partial charge on any atom is 0.243 e. The summed E-state index contributed by atoms with van der Waals surface area (Å²) < 4.78 is 1.84. The molecule has 5 nitrogen and oxygen atoms in total. The van der Waals surface area contributed by atoms with Crippen LogP contribution >= 0.6 is 0 Å². The number of hydroxylamine groups is 1. The second-order valence-corrected chi connectivity index (χ2v) is 2.53. The van der Waals surface area contributed by atoms with Crippen molar-refractivity contribution in [3.8, 4) is 0 Å². The number of nitrogens with one attached hydrogen (secondary N) is 1. The largest absolute Gasteiger partial charge is 0.338 e. The Bertz CT molecular complexity index is 269. The summed E-state index contributed by atoms with van der Waals surface area (Å²) in [6.07, 6.45) is 4.23. The molecule has 5 heteroatoms. The Morgan fingerprint density at radius 3 is 3.08 bits per heavy atom. The predicted octanol–water partition coefficient (Wildman–Crippen LogP) is -0.142. The lowest BCUT2D eigenvalue weighted by Crippen LogP contribution is -2.19. The molecule has 0 aliphatic heterocycles. The van der Waals surface area contributed by atoms with Gasteiger partial charge in [-0.3, -0.25) is 10.0 Å². The van der Waals surface area contributed by atoms with Crippen LogP contribution < -0.4 is 5.48 Å². The van der Waals surface area contributed by atoms with E-state index in [0.717, 1.165) is 5.69 Å². The smallest absolute Gasteiger partial charge is 0.243 e. The van der Waals surface area contributed by atoms with Gasteiger partial charge in [-0.1, -0.05) is 0 Å². The molecule has 66 valence electrons. The quantitative estimate of drug-likeness (QED) is 0.488. The van der Waals surface area contributed by atoms with Crippen molar-refractivity contribution in [1.29, 1.82) is 0 Å². The topological polar surface area (TPSA) is 67.2 Å². The summed E-state index contributed by atoms with van der Waals surface area (Å²) in [5.74, 6) is -0.379. The first kappa shape index (κ1) is 8.73. The summed E-state index contributed by atoms with van der Waals surface area (Å²) in [7, 11) is 1.86. The Morgan fingerprint density at radius 2 is 2.58 bits per heavy atom. The van der Waals surface area contributed by atoms with Crippen LogP contribution in [0.4, 0.5) is 0 Å². The van der Waals surface area contributed by atoms with Crippen LogP contribution in [0, 0.1) is 0 Å². The second-order valence-electron chi connectivity index (χ2n) is 2.53. The summed E-state index contributed by atoms with van der Waals surface area (Å²) in [5.41, 5.74) is 2.55. The summed E-state index contributed by atoms with van der Waals surface area (Å²) in [4.78, 5) is 14.5. The van der Waals surface area contributed by atoms with Crippen LogP contribution in [-0.4, -0.2) is 20.7 Å². The third kappa shape index (κ3) is 2.06. The van der Waals surface area contributed by atoms with Gasteiger partial charge in [0.15, 0.2) is 0 Å². The van der Waals surface area contributed by atoms with Crippen LogP contribution in [0.3, 0.4) is 0 Å². The molecule has 0 saturated carbocycles. The predicted molar refractivity (Wildman–Crippen MR) is 41.5 cm³/mol. The molecule has 1 heterocycles. The fraction of sp³-hybridized carbons (Fsp3) is 0.429. The van der Waals surface area contributed by atoms with Crippen molar-refractivity contribution in [2.24, 2.45) is 7.05 Å². The van der Waals surface area contributed by atoms with Gasteiger partial charge in [-0.05, 0) is 6.42 Å². The average Bonchev–Trinajstić information content (AvgIpc) is 2.47. The molecule has 0 unspecified atom stereocenters. The zero-order chi connectivity index (χ0) is 8.97. The minimum absolute atomic E-state index is 0.274. The van der Waals surface area contributed by atoms with E-state index in [2.05, 4.69) is 4.98 Å². The summed E-state index contributed by atoms with van der Waals surface area (Å²) in [6, 6.07) is 0. The van der Waals surface area contributed by atoms with Crippen LogP contribution in [0.25, 0.3) is 0 Å². The van der Waals surface area contributed by atoms with Crippen LogP contribution in [0.5, 0.6) is 0 Å². The van der Waals surface area contributed by atoms with Gasteiger partial charge in [0.25, 0.3) is 0 Å². The minimum Gasteiger partial charge on any atom is -0.338 e. The molecule has 0 fully saturated rings. The molecule has 0 aliphatic rings. The highest BCUT2D eigenvalue weighted by Gasteiger charge is 2.02. The van der Waals surface area contributed by atoms with E-state index in [9.17, 15) is 4.79 Å². The van der Waals surface area contributed by atoms with Gasteiger partial charge in [-0.2, -0.15) is 0 Å². The highest BCUT2D eigenvalue weighted by atomic mass is 16.5. The maximum absolute atomic E-state index is 10.6. The Morgan fingerprint density at radius 1 is 1.83 bits per heavy atom. The van der Waals surface area contributed by atoms with Gasteiger partial charge in [-0.25, -0.2) is 10.5 Å². The van der Waals surface area contributed by atoms with Gasteiger partial charge in [-0.15, -0.1) is 0 Å². The lowest BCUT2D eigenvalue weighted by atomic mass is 10.2. The van der Waals surface area contributed by atoms with Crippen molar-refractivity contribution in [2.45, 2.75) is 12.8 Å². The van der Waals surface area contributed by atoms with E-state index in [1.165, 1.54) is 0 Å². The molecule has 1 aromatic rings. The SMILES string of the molecule is Cn1cncc1CCC(=O)NO. The zero-order valence-corrected chi connectivity index (χ0v) is 6.82. The molecule has 1 rings (SSSR count). The molecule has 1 amide bonds. The van der Waals surface area contributed by atoms with Crippen molar-refractivity contribution in [3.05, 3.63) is 18.2 Å². The van der Waals surface area contributed by atoms with Crippen molar-refractivity contribution in [1.82, 2.24) is 15.0 Å². The summed E-state index contributed by atoms with van der Waals surface area (Å²) in [5, 5.41) is 8.21. The number of carbonyl (C=O) groups is 1. The van der Waals surface area contributed by atoms with Gasteiger partial charge in [0.2, 0.25) is 5.91 Å². The van der Waals surface area contributed by atoms with Gasteiger partial charge >= 0.3 is 0 Å². The number of aromatic nitrogens is 2. The van der Waals surface area contributed by atoms with Crippen molar-refractivity contribution in [3.63, 3.8) is 0 Å². The molecule has 0 aromatic carbocycles. The second kappa shape index (κ2) is 3.87.